The van der Waals surface area contributed by atoms with E-state index in [1.54, 1.807) is 19.2 Å². The Labute approximate surface area is 126 Å². The molecule has 6 nitrogen and oxygen atoms in total. The molecule has 0 atom stereocenters. The van der Waals surface area contributed by atoms with Crippen LogP contribution in [0.25, 0.3) is 0 Å². The van der Waals surface area contributed by atoms with Crippen LogP contribution in [0.15, 0.2) is 29.2 Å². The number of nitrogens with one attached hydrogen (secondary N) is 3. The number of benzene rings is 1. The van der Waals surface area contributed by atoms with E-state index in [9.17, 15) is 13.2 Å². The molecule has 1 amide bonds. The highest BCUT2D eigenvalue weighted by molar-refractivity contribution is 7.89. The molecule has 0 aliphatic rings. The number of carbonyl (C=O) groups excluding carboxylic acids is 1. The summed E-state index contributed by atoms with van der Waals surface area (Å²) in [6.07, 6.45) is 0.102. The molecule has 21 heavy (non-hydrogen) atoms. The topological polar surface area (TPSA) is 87.3 Å². The molecule has 1 rings (SSSR count). The van der Waals surface area contributed by atoms with Crippen molar-refractivity contribution in [2.24, 2.45) is 0 Å². The summed E-state index contributed by atoms with van der Waals surface area (Å²) in [5, 5.41) is 5.70. The lowest BCUT2D eigenvalue weighted by atomic mass is 10.1. The molecule has 7 heteroatoms. The van der Waals surface area contributed by atoms with Crippen LogP contribution in [0.5, 0.6) is 0 Å². The van der Waals surface area contributed by atoms with E-state index in [2.05, 4.69) is 15.4 Å². The van der Waals surface area contributed by atoms with Gasteiger partial charge in [-0.2, -0.15) is 0 Å². The maximum atomic E-state index is 12.0. The van der Waals surface area contributed by atoms with Crippen LogP contribution in [-0.4, -0.2) is 33.5 Å². The standard InChI is InChI=1S/C14H23N3O3S/c1-14(2,3)17-13(18)9-10-16-21(19,20)12-7-5-11(15-4)6-8-12/h5-8,15-16H,9-10H2,1-4H3,(H,17,18). The first-order valence-electron chi connectivity index (χ1n) is 6.72. The van der Waals surface area contributed by atoms with Gasteiger partial charge in [0.2, 0.25) is 15.9 Å². The van der Waals surface area contributed by atoms with Crippen molar-refractivity contribution in [2.75, 3.05) is 18.9 Å². The van der Waals surface area contributed by atoms with Crippen LogP contribution in [0, 0.1) is 0 Å². The lowest BCUT2D eigenvalue weighted by molar-refractivity contribution is -0.122. The second-order valence-electron chi connectivity index (χ2n) is 5.72. The van der Waals surface area contributed by atoms with Crippen molar-refractivity contribution in [1.82, 2.24) is 10.0 Å². The summed E-state index contributed by atoms with van der Waals surface area (Å²) in [7, 11) is -1.82. The summed E-state index contributed by atoms with van der Waals surface area (Å²) in [4.78, 5) is 11.8. The molecule has 0 saturated heterocycles. The van der Waals surface area contributed by atoms with E-state index in [0.717, 1.165) is 5.69 Å². The van der Waals surface area contributed by atoms with Crippen LogP contribution in [0.4, 0.5) is 5.69 Å². The minimum Gasteiger partial charge on any atom is -0.388 e. The zero-order valence-electron chi connectivity index (χ0n) is 12.9. The third kappa shape index (κ3) is 6.14. The van der Waals surface area contributed by atoms with Crippen molar-refractivity contribution in [3.63, 3.8) is 0 Å². The van der Waals surface area contributed by atoms with Crippen LogP contribution < -0.4 is 15.4 Å². The molecule has 1 aromatic carbocycles. The van der Waals surface area contributed by atoms with Crippen LogP contribution in [0.2, 0.25) is 0 Å². The molecule has 1 aromatic rings. The number of sulfonamides is 1. The minimum absolute atomic E-state index is 0.0675. The smallest absolute Gasteiger partial charge is 0.240 e. The molecule has 3 N–H and O–H groups in total. The van der Waals surface area contributed by atoms with Crippen molar-refractivity contribution in [1.29, 1.82) is 0 Å². The summed E-state index contributed by atoms with van der Waals surface area (Å²) in [5.41, 5.74) is 0.511. The first-order valence-corrected chi connectivity index (χ1v) is 8.21. The monoisotopic (exact) mass is 313 g/mol. The third-order valence-electron chi connectivity index (χ3n) is 2.61. The van der Waals surface area contributed by atoms with Gasteiger partial charge < -0.3 is 10.6 Å². The molecule has 0 fully saturated rings. The van der Waals surface area contributed by atoms with Crippen LogP contribution in [-0.2, 0) is 14.8 Å². The Balaban J connectivity index is 2.55. The van der Waals surface area contributed by atoms with Gasteiger partial charge in [0.15, 0.2) is 0 Å². The fourth-order valence-electron chi connectivity index (χ4n) is 1.66. The average molecular weight is 313 g/mol. The number of amides is 1. The van der Waals surface area contributed by atoms with E-state index in [1.807, 2.05) is 20.8 Å². The third-order valence-corrected chi connectivity index (χ3v) is 4.09. The van der Waals surface area contributed by atoms with Crippen LogP contribution >= 0.6 is 0 Å². The van der Waals surface area contributed by atoms with Gasteiger partial charge in [-0.05, 0) is 45.0 Å². The van der Waals surface area contributed by atoms with E-state index in [-0.39, 0.29) is 29.3 Å². The molecule has 0 aliphatic carbocycles. The zero-order valence-corrected chi connectivity index (χ0v) is 13.7. The van der Waals surface area contributed by atoms with Gasteiger partial charge in [-0.15, -0.1) is 0 Å². The lowest BCUT2D eigenvalue weighted by Gasteiger charge is -2.20. The molecule has 118 valence electrons. The van der Waals surface area contributed by atoms with Crippen molar-refractivity contribution in [2.45, 2.75) is 37.6 Å². The van der Waals surface area contributed by atoms with Crippen molar-refractivity contribution in [3.05, 3.63) is 24.3 Å². The first kappa shape index (κ1) is 17.5. The van der Waals surface area contributed by atoms with Crippen molar-refractivity contribution < 1.29 is 13.2 Å². The predicted octanol–water partition coefficient (Wildman–Crippen LogP) is 1.31. The first-order chi connectivity index (χ1) is 9.64. The van der Waals surface area contributed by atoms with Gasteiger partial charge in [-0.1, -0.05) is 0 Å². The quantitative estimate of drug-likeness (QED) is 0.739. The van der Waals surface area contributed by atoms with Crippen LogP contribution in [0.3, 0.4) is 0 Å². The maximum Gasteiger partial charge on any atom is 0.240 e. The molecular formula is C14H23N3O3S. The molecule has 0 radical (unpaired) electrons. The van der Waals surface area contributed by atoms with E-state index in [1.165, 1.54) is 12.1 Å². The van der Waals surface area contributed by atoms with Crippen molar-refractivity contribution in [3.8, 4) is 0 Å². The largest absolute Gasteiger partial charge is 0.388 e. The fraction of sp³-hybridized carbons (Fsp3) is 0.500. The molecule has 0 unspecified atom stereocenters. The van der Waals surface area contributed by atoms with E-state index >= 15 is 0 Å². The molecule has 0 aromatic heterocycles. The van der Waals surface area contributed by atoms with Gasteiger partial charge in [0.1, 0.15) is 0 Å². The zero-order chi connectivity index (χ0) is 16.1. The van der Waals surface area contributed by atoms with E-state index < -0.39 is 10.0 Å². The number of rotatable bonds is 6. The Morgan fingerprint density at radius 3 is 2.19 bits per heavy atom. The van der Waals surface area contributed by atoms with Gasteiger partial charge in [0.25, 0.3) is 0 Å². The Bertz CT molecular complexity index is 574. The summed E-state index contributed by atoms with van der Waals surface area (Å²) >= 11 is 0. The summed E-state index contributed by atoms with van der Waals surface area (Å²) in [5.74, 6) is -0.185. The van der Waals surface area contributed by atoms with Crippen LogP contribution in [0.1, 0.15) is 27.2 Å². The van der Waals surface area contributed by atoms with E-state index in [4.69, 9.17) is 0 Å². The normalized spacial score (nSPS) is 12.0. The Morgan fingerprint density at radius 1 is 1.14 bits per heavy atom. The van der Waals surface area contributed by atoms with Gasteiger partial charge in [0, 0.05) is 31.2 Å². The minimum atomic E-state index is -3.58. The molecule has 0 heterocycles. The lowest BCUT2D eigenvalue weighted by Crippen LogP contribution is -2.41. The highest BCUT2D eigenvalue weighted by Gasteiger charge is 2.16. The summed E-state index contributed by atoms with van der Waals surface area (Å²) < 4.78 is 26.5. The number of anilines is 1. The Hall–Kier alpha value is -1.60. The molecule has 0 bridgehead atoms. The van der Waals surface area contributed by atoms with Gasteiger partial charge >= 0.3 is 0 Å². The van der Waals surface area contributed by atoms with Gasteiger partial charge in [-0.3, -0.25) is 4.79 Å². The second kappa shape index (κ2) is 6.91. The number of hydrogen-bond acceptors (Lipinski definition) is 4. The highest BCUT2D eigenvalue weighted by atomic mass is 32.2. The second-order valence-corrected chi connectivity index (χ2v) is 7.49. The predicted molar refractivity (Wildman–Crippen MR) is 83.7 cm³/mol. The van der Waals surface area contributed by atoms with Gasteiger partial charge in [-0.25, -0.2) is 13.1 Å². The average Bonchev–Trinajstić information content (AvgIpc) is 2.36. The number of carbonyl (C=O) groups is 1. The fourth-order valence-corrected chi connectivity index (χ4v) is 2.70. The molecule has 0 saturated carbocycles. The highest BCUT2D eigenvalue weighted by Crippen LogP contribution is 2.13. The SMILES string of the molecule is CNc1ccc(S(=O)(=O)NCCC(=O)NC(C)(C)C)cc1. The maximum absolute atomic E-state index is 12.0. The molecule has 0 aliphatic heterocycles. The number of hydrogen-bond donors (Lipinski definition) is 3. The molecule has 0 spiro atoms. The van der Waals surface area contributed by atoms with Gasteiger partial charge in [0.05, 0.1) is 4.90 Å². The Morgan fingerprint density at radius 2 is 1.71 bits per heavy atom. The summed E-state index contributed by atoms with van der Waals surface area (Å²) in [6.45, 7) is 5.69. The molecular weight excluding hydrogens is 290 g/mol. The Kier molecular flexibility index (Phi) is 5.74. The summed E-state index contributed by atoms with van der Waals surface area (Å²) in [6, 6.07) is 6.40. The van der Waals surface area contributed by atoms with Crippen molar-refractivity contribution >= 4 is 21.6 Å². The van der Waals surface area contributed by atoms with E-state index in [0.29, 0.717) is 0 Å².